The Balaban J connectivity index is 1.88. The highest BCUT2D eigenvalue weighted by atomic mass is 16.7. The first-order chi connectivity index (χ1) is 13.5. The van der Waals surface area contributed by atoms with Crippen molar-refractivity contribution >= 4 is 0 Å². The first-order valence-corrected chi connectivity index (χ1v) is 9.86. The van der Waals surface area contributed by atoms with Crippen LogP contribution in [0.4, 0.5) is 0 Å². The van der Waals surface area contributed by atoms with E-state index < -0.39 is 23.5 Å². The standard InChI is InChI=1S/C21H29NO6/c1-22-9-8-19-10-13(23)18(26-4)21(27-5)20(19,22)11-15(28-21)12-6-7-14(24-2)17(25-3)16(12)19/h6-7,13,15,18,23H,8-11H2,1-5H3/t13-,15-,18-,19-,20-,21-/m0/s1. The molecule has 28 heavy (non-hydrogen) atoms. The van der Waals surface area contributed by atoms with E-state index in [4.69, 9.17) is 23.7 Å². The van der Waals surface area contributed by atoms with E-state index in [-0.39, 0.29) is 11.5 Å². The molecule has 154 valence electrons. The van der Waals surface area contributed by atoms with E-state index in [1.54, 1.807) is 28.4 Å². The maximum Gasteiger partial charge on any atom is 0.217 e. The van der Waals surface area contributed by atoms with Crippen molar-refractivity contribution in [3.63, 3.8) is 0 Å². The molecule has 4 aliphatic rings. The lowest BCUT2D eigenvalue weighted by Crippen LogP contribution is -2.77. The van der Waals surface area contributed by atoms with Gasteiger partial charge in [0.25, 0.3) is 0 Å². The summed E-state index contributed by atoms with van der Waals surface area (Å²) in [6, 6.07) is 4.02. The molecule has 2 aliphatic heterocycles. The van der Waals surface area contributed by atoms with Crippen LogP contribution >= 0.6 is 0 Å². The normalized spacial score (nSPS) is 43.6. The van der Waals surface area contributed by atoms with Gasteiger partial charge in [0, 0.05) is 31.6 Å². The van der Waals surface area contributed by atoms with Crippen molar-refractivity contribution in [2.45, 2.75) is 54.3 Å². The van der Waals surface area contributed by atoms with E-state index in [0.29, 0.717) is 12.2 Å². The minimum absolute atomic E-state index is 0.161. The van der Waals surface area contributed by atoms with Gasteiger partial charge < -0.3 is 28.8 Å². The Morgan fingerprint density at radius 3 is 2.57 bits per heavy atom. The van der Waals surface area contributed by atoms with Gasteiger partial charge in [-0.05, 0) is 38.1 Å². The molecule has 0 aromatic heterocycles. The summed E-state index contributed by atoms with van der Waals surface area (Å²) in [4.78, 5) is 2.36. The number of rotatable bonds is 4. The molecule has 7 nitrogen and oxygen atoms in total. The van der Waals surface area contributed by atoms with Crippen molar-refractivity contribution in [2.24, 2.45) is 0 Å². The number of hydrogen-bond acceptors (Lipinski definition) is 7. The molecule has 1 aromatic rings. The number of hydrogen-bond donors (Lipinski definition) is 1. The molecule has 1 saturated carbocycles. The summed E-state index contributed by atoms with van der Waals surface area (Å²) in [6.07, 6.45) is 0.796. The van der Waals surface area contributed by atoms with Crippen LogP contribution in [0.1, 0.15) is 36.5 Å². The smallest absolute Gasteiger partial charge is 0.217 e. The van der Waals surface area contributed by atoms with E-state index in [9.17, 15) is 5.11 Å². The summed E-state index contributed by atoms with van der Waals surface area (Å²) in [5, 5.41) is 11.2. The maximum absolute atomic E-state index is 11.2. The third-order valence-corrected chi connectivity index (χ3v) is 7.93. The summed E-state index contributed by atoms with van der Waals surface area (Å²) in [6.45, 7) is 0.879. The fourth-order valence-corrected chi connectivity index (χ4v) is 7.08. The van der Waals surface area contributed by atoms with Crippen LogP contribution in [0.3, 0.4) is 0 Å². The van der Waals surface area contributed by atoms with Gasteiger partial charge in [0.2, 0.25) is 5.79 Å². The van der Waals surface area contributed by atoms with Crippen LogP contribution in [0.15, 0.2) is 12.1 Å². The van der Waals surface area contributed by atoms with Crippen LogP contribution in [-0.2, 0) is 19.6 Å². The summed E-state index contributed by atoms with van der Waals surface area (Å²) < 4.78 is 30.2. The minimum Gasteiger partial charge on any atom is -0.493 e. The van der Waals surface area contributed by atoms with Crippen LogP contribution in [0.25, 0.3) is 0 Å². The monoisotopic (exact) mass is 391 g/mol. The fraction of sp³-hybridized carbons (Fsp3) is 0.714. The molecule has 2 bridgehead atoms. The first-order valence-electron chi connectivity index (χ1n) is 9.86. The second-order valence-corrected chi connectivity index (χ2v) is 8.49. The Bertz CT molecular complexity index is 816. The number of fused-ring (bicyclic) bond motifs is 3. The molecule has 1 N–H and O–H groups in total. The third-order valence-electron chi connectivity index (χ3n) is 7.93. The molecule has 1 aromatic carbocycles. The predicted octanol–water partition coefficient (Wildman–Crippen LogP) is 1.61. The topological polar surface area (TPSA) is 69.6 Å². The number of methoxy groups -OCH3 is 4. The molecule has 2 heterocycles. The fourth-order valence-electron chi connectivity index (χ4n) is 7.08. The lowest BCUT2D eigenvalue weighted by molar-refractivity contribution is -0.339. The van der Waals surface area contributed by atoms with E-state index in [0.717, 1.165) is 36.3 Å². The van der Waals surface area contributed by atoms with Gasteiger partial charge in [-0.2, -0.15) is 0 Å². The Labute approximate surface area is 165 Å². The Morgan fingerprint density at radius 2 is 1.93 bits per heavy atom. The molecule has 6 atom stereocenters. The Morgan fingerprint density at radius 1 is 1.14 bits per heavy atom. The number of nitrogens with zero attached hydrogens (tertiary/aromatic N) is 1. The lowest BCUT2D eigenvalue weighted by Gasteiger charge is -2.61. The number of ether oxygens (including phenoxy) is 5. The van der Waals surface area contributed by atoms with Crippen molar-refractivity contribution in [1.82, 2.24) is 4.90 Å². The minimum atomic E-state index is -1.06. The number of likely N-dealkylation sites (N-methyl/N-ethyl adjacent to an activating group) is 1. The molecule has 7 heteroatoms. The highest BCUT2D eigenvalue weighted by Crippen LogP contribution is 2.73. The van der Waals surface area contributed by atoms with Crippen molar-refractivity contribution in [3.05, 3.63) is 23.3 Å². The van der Waals surface area contributed by atoms with Crippen LogP contribution in [0.5, 0.6) is 11.5 Å². The van der Waals surface area contributed by atoms with Crippen molar-refractivity contribution < 1.29 is 28.8 Å². The highest BCUT2D eigenvalue weighted by Gasteiger charge is 2.82. The van der Waals surface area contributed by atoms with Gasteiger partial charge in [0.05, 0.1) is 32.0 Å². The van der Waals surface area contributed by atoms with E-state index >= 15 is 0 Å². The molecule has 2 aliphatic carbocycles. The van der Waals surface area contributed by atoms with Crippen molar-refractivity contribution in [2.75, 3.05) is 42.0 Å². The predicted molar refractivity (Wildman–Crippen MR) is 101 cm³/mol. The Kier molecular flexibility index (Phi) is 3.88. The molecular formula is C21H29NO6. The van der Waals surface area contributed by atoms with Crippen LogP contribution in [0.2, 0.25) is 0 Å². The molecule has 0 amide bonds. The third kappa shape index (κ3) is 1.71. The van der Waals surface area contributed by atoms with Crippen molar-refractivity contribution in [3.8, 4) is 11.5 Å². The second-order valence-electron chi connectivity index (χ2n) is 8.49. The van der Waals surface area contributed by atoms with Gasteiger partial charge >= 0.3 is 0 Å². The van der Waals surface area contributed by atoms with Gasteiger partial charge in [0.15, 0.2) is 11.5 Å². The van der Waals surface area contributed by atoms with Gasteiger partial charge in [-0.15, -0.1) is 0 Å². The molecule has 5 rings (SSSR count). The van der Waals surface area contributed by atoms with Gasteiger partial charge in [-0.25, -0.2) is 0 Å². The molecule has 1 spiro atoms. The average molecular weight is 391 g/mol. The number of benzene rings is 1. The van der Waals surface area contributed by atoms with E-state index in [2.05, 4.69) is 18.0 Å². The van der Waals surface area contributed by atoms with Crippen LogP contribution < -0.4 is 9.47 Å². The highest BCUT2D eigenvalue weighted by molar-refractivity contribution is 5.61. The lowest BCUT2D eigenvalue weighted by atomic mass is 9.50. The quantitative estimate of drug-likeness (QED) is 0.836. The summed E-state index contributed by atoms with van der Waals surface area (Å²) in [7, 11) is 8.75. The van der Waals surface area contributed by atoms with Gasteiger partial charge in [-0.3, -0.25) is 4.90 Å². The maximum atomic E-state index is 11.2. The van der Waals surface area contributed by atoms with Crippen LogP contribution in [0, 0.1) is 0 Å². The summed E-state index contributed by atoms with van der Waals surface area (Å²) >= 11 is 0. The summed E-state index contributed by atoms with van der Waals surface area (Å²) in [5.41, 5.74) is 1.37. The molecule has 0 unspecified atom stereocenters. The molecule has 0 radical (unpaired) electrons. The second kappa shape index (κ2) is 5.83. The zero-order valence-electron chi connectivity index (χ0n) is 17.2. The zero-order valence-corrected chi connectivity index (χ0v) is 17.2. The number of likely N-dealkylation sites (tertiary alicyclic amines) is 1. The van der Waals surface area contributed by atoms with Crippen LogP contribution in [-0.4, -0.2) is 75.6 Å². The first kappa shape index (κ1) is 18.6. The molecule has 3 fully saturated rings. The largest absolute Gasteiger partial charge is 0.493 e. The van der Waals surface area contributed by atoms with Gasteiger partial charge in [-0.1, -0.05) is 6.07 Å². The van der Waals surface area contributed by atoms with E-state index in [1.165, 1.54) is 0 Å². The average Bonchev–Trinajstić information content (AvgIpc) is 3.20. The SMILES string of the molecule is COc1ccc2c(c1OC)[C@@]13CCN(C)[C@@]14C[C@@H]2O[C@@]4(OC)[C@@H](OC)[C@@H](O)C3. The van der Waals surface area contributed by atoms with Gasteiger partial charge in [0.1, 0.15) is 6.10 Å². The molecule has 2 saturated heterocycles. The Hall–Kier alpha value is -1.38. The number of aliphatic hydroxyl groups is 1. The molecular weight excluding hydrogens is 362 g/mol. The van der Waals surface area contributed by atoms with Crippen molar-refractivity contribution in [1.29, 1.82) is 0 Å². The van der Waals surface area contributed by atoms with E-state index in [1.807, 2.05) is 6.07 Å². The zero-order chi connectivity index (χ0) is 19.9. The summed E-state index contributed by atoms with van der Waals surface area (Å²) in [5.74, 6) is 0.378. The number of aliphatic hydroxyl groups excluding tert-OH is 1.